The van der Waals surface area contributed by atoms with Crippen molar-refractivity contribution in [2.45, 2.75) is 26.7 Å². The molecular weight excluding hydrogens is 302 g/mol. The molecule has 2 aromatic rings. The lowest BCUT2D eigenvalue weighted by molar-refractivity contribution is -0.117. The average molecular weight is 320 g/mol. The molecule has 0 bridgehead atoms. The van der Waals surface area contributed by atoms with E-state index in [1.165, 1.54) is 0 Å². The third-order valence-electron chi connectivity index (χ3n) is 3.04. The van der Waals surface area contributed by atoms with Crippen molar-refractivity contribution in [2.24, 2.45) is 0 Å². The highest BCUT2D eigenvalue weighted by molar-refractivity contribution is 6.30. The largest absolute Gasteiger partial charge is 0.352 e. The molecule has 1 N–H and O–H groups in total. The van der Waals surface area contributed by atoms with E-state index < -0.39 is 0 Å². The molecular formula is C16H18ClN3O2. The van der Waals surface area contributed by atoms with E-state index in [0.717, 1.165) is 12.0 Å². The van der Waals surface area contributed by atoms with Crippen molar-refractivity contribution in [1.29, 1.82) is 0 Å². The first kappa shape index (κ1) is 16.2. The van der Waals surface area contributed by atoms with Gasteiger partial charge >= 0.3 is 0 Å². The van der Waals surface area contributed by atoms with E-state index in [9.17, 15) is 4.79 Å². The normalized spacial score (nSPS) is 11.5. The van der Waals surface area contributed by atoms with Crippen molar-refractivity contribution >= 4 is 17.5 Å². The molecule has 0 radical (unpaired) electrons. The molecule has 0 saturated heterocycles. The molecule has 0 unspecified atom stereocenters. The molecule has 0 spiro atoms. The van der Waals surface area contributed by atoms with E-state index in [4.69, 9.17) is 16.1 Å². The Balaban J connectivity index is 1.90. The van der Waals surface area contributed by atoms with Gasteiger partial charge in [-0.05, 0) is 25.5 Å². The number of nitrogens with zero attached hydrogens (tertiary/aromatic N) is 2. The Morgan fingerprint density at radius 2 is 2.27 bits per heavy atom. The van der Waals surface area contributed by atoms with Crippen LogP contribution in [0.2, 0.25) is 5.02 Å². The summed E-state index contributed by atoms with van der Waals surface area (Å²) >= 11 is 5.94. The molecule has 0 saturated carbocycles. The number of carbonyl (C=O) groups excluding carboxylic acids is 1. The van der Waals surface area contributed by atoms with Crippen LogP contribution in [0.5, 0.6) is 0 Å². The van der Waals surface area contributed by atoms with E-state index in [-0.39, 0.29) is 5.91 Å². The summed E-state index contributed by atoms with van der Waals surface area (Å²) in [5, 5.41) is 7.36. The van der Waals surface area contributed by atoms with Crippen molar-refractivity contribution in [3.63, 3.8) is 0 Å². The minimum Gasteiger partial charge on any atom is -0.352 e. The number of halogens is 1. The van der Waals surface area contributed by atoms with Crippen molar-refractivity contribution < 1.29 is 9.32 Å². The van der Waals surface area contributed by atoms with Crippen molar-refractivity contribution in [2.75, 3.05) is 6.54 Å². The molecule has 22 heavy (non-hydrogen) atoms. The van der Waals surface area contributed by atoms with Gasteiger partial charge in [-0.15, -0.1) is 0 Å². The maximum absolute atomic E-state index is 11.7. The van der Waals surface area contributed by atoms with Gasteiger partial charge in [-0.25, -0.2) is 0 Å². The Morgan fingerprint density at radius 3 is 3.00 bits per heavy atom. The maximum atomic E-state index is 11.7. The monoisotopic (exact) mass is 319 g/mol. The lowest BCUT2D eigenvalue weighted by Gasteiger charge is -2.02. The van der Waals surface area contributed by atoms with Gasteiger partial charge in [0.1, 0.15) is 0 Å². The van der Waals surface area contributed by atoms with E-state index in [1.807, 2.05) is 25.1 Å². The van der Waals surface area contributed by atoms with Crippen LogP contribution in [0.4, 0.5) is 0 Å². The molecule has 6 heteroatoms. The first-order chi connectivity index (χ1) is 10.6. The molecule has 1 aromatic heterocycles. The number of benzene rings is 1. The SMILES string of the molecule is CC/C=C(\C)C(=O)NCCc1nc(-c2cccc(Cl)c2)no1. The smallest absolute Gasteiger partial charge is 0.246 e. The van der Waals surface area contributed by atoms with Gasteiger partial charge in [0.05, 0.1) is 0 Å². The van der Waals surface area contributed by atoms with Gasteiger partial charge in [-0.2, -0.15) is 4.98 Å². The molecule has 1 heterocycles. The molecule has 0 aliphatic heterocycles. The van der Waals surface area contributed by atoms with E-state index in [2.05, 4.69) is 15.5 Å². The Hall–Kier alpha value is -2.14. The number of hydrogen-bond donors (Lipinski definition) is 1. The van der Waals surface area contributed by atoms with Gasteiger partial charge < -0.3 is 9.84 Å². The molecule has 116 valence electrons. The molecule has 0 fully saturated rings. The van der Waals surface area contributed by atoms with Gasteiger partial charge in [0.25, 0.3) is 0 Å². The van der Waals surface area contributed by atoms with Crippen molar-refractivity contribution in [3.8, 4) is 11.4 Å². The Labute approximate surface area is 134 Å². The Bertz CT molecular complexity index is 680. The van der Waals surface area contributed by atoms with Crippen LogP contribution in [-0.2, 0) is 11.2 Å². The summed E-state index contributed by atoms with van der Waals surface area (Å²) in [6, 6.07) is 7.25. The summed E-state index contributed by atoms with van der Waals surface area (Å²) in [7, 11) is 0. The predicted molar refractivity (Wildman–Crippen MR) is 85.5 cm³/mol. The third-order valence-corrected chi connectivity index (χ3v) is 3.28. The number of aromatic nitrogens is 2. The average Bonchev–Trinajstić information content (AvgIpc) is 2.96. The Kier molecular flexibility index (Phi) is 5.72. The first-order valence-electron chi connectivity index (χ1n) is 7.13. The number of hydrogen-bond acceptors (Lipinski definition) is 4. The Morgan fingerprint density at radius 1 is 1.45 bits per heavy atom. The number of amides is 1. The fourth-order valence-corrected chi connectivity index (χ4v) is 2.11. The summed E-state index contributed by atoms with van der Waals surface area (Å²) in [4.78, 5) is 16.0. The molecule has 0 aliphatic rings. The van der Waals surface area contributed by atoms with Crippen LogP contribution in [0, 0.1) is 0 Å². The molecule has 0 atom stereocenters. The highest BCUT2D eigenvalue weighted by atomic mass is 35.5. The second kappa shape index (κ2) is 7.75. The minimum absolute atomic E-state index is 0.0728. The van der Waals surface area contributed by atoms with Crippen LogP contribution in [0.15, 0.2) is 40.4 Å². The number of allylic oxidation sites excluding steroid dienone is 1. The predicted octanol–water partition coefficient (Wildman–Crippen LogP) is 3.41. The highest BCUT2D eigenvalue weighted by Crippen LogP contribution is 2.19. The second-order valence-electron chi connectivity index (χ2n) is 4.82. The molecule has 1 aromatic carbocycles. The molecule has 5 nitrogen and oxygen atoms in total. The summed E-state index contributed by atoms with van der Waals surface area (Å²) in [6.45, 7) is 4.24. The van der Waals surface area contributed by atoms with Crippen LogP contribution in [0.25, 0.3) is 11.4 Å². The zero-order valence-corrected chi connectivity index (χ0v) is 13.4. The van der Waals surface area contributed by atoms with E-state index in [0.29, 0.717) is 35.3 Å². The summed E-state index contributed by atoms with van der Waals surface area (Å²) in [5.41, 5.74) is 1.51. The van der Waals surface area contributed by atoms with Gasteiger partial charge in [0.2, 0.25) is 17.6 Å². The molecule has 0 aliphatic carbocycles. The van der Waals surface area contributed by atoms with Crippen LogP contribution < -0.4 is 5.32 Å². The minimum atomic E-state index is -0.0728. The molecule has 2 rings (SSSR count). The fraction of sp³-hybridized carbons (Fsp3) is 0.312. The van der Waals surface area contributed by atoms with E-state index in [1.54, 1.807) is 19.1 Å². The highest BCUT2D eigenvalue weighted by Gasteiger charge is 2.09. The van der Waals surface area contributed by atoms with Gasteiger partial charge in [-0.3, -0.25) is 4.79 Å². The fourth-order valence-electron chi connectivity index (χ4n) is 1.92. The van der Waals surface area contributed by atoms with Crippen LogP contribution in [0.1, 0.15) is 26.2 Å². The summed E-state index contributed by atoms with van der Waals surface area (Å²) < 4.78 is 5.18. The maximum Gasteiger partial charge on any atom is 0.246 e. The second-order valence-corrected chi connectivity index (χ2v) is 5.26. The zero-order valence-electron chi connectivity index (χ0n) is 12.6. The topological polar surface area (TPSA) is 68.0 Å². The van der Waals surface area contributed by atoms with Gasteiger partial charge in [0, 0.05) is 29.1 Å². The van der Waals surface area contributed by atoms with Gasteiger partial charge in [0.15, 0.2) is 0 Å². The first-order valence-corrected chi connectivity index (χ1v) is 7.51. The van der Waals surface area contributed by atoms with Crippen LogP contribution in [-0.4, -0.2) is 22.6 Å². The lowest BCUT2D eigenvalue weighted by atomic mass is 10.2. The van der Waals surface area contributed by atoms with Crippen LogP contribution >= 0.6 is 11.6 Å². The quantitative estimate of drug-likeness (QED) is 0.828. The number of rotatable bonds is 6. The third kappa shape index (κ3) is 4.43. The zero-order chi connectivity index (χ0) is 15.9. The van der Waals surface area contributed by atoms with Crippen molar-refractivity contribution in [1.82, 2.24) is 15.5 Å². The van der Waals surface area contributed by atoms with Crippen molar-refractivity contribution in [3.05, 3.63) is 46.8 Å². The number of nitrogens with one attached hydrogen (secondary N) is 1. The summed E-state index contributed by atoms with van der Waals surface area (Å²) in [5.74, 6) is 0.898. The number of carbonyl (C=O) groups is 1. The van der Waals surface area contributed by atoms with Gasteiger partial charge in [-0.1, -0.05) is 41.9 Å². The van der Waals surface area contributed by atoms with E-state index >= 15 is 0 Å². The summed E-state index contributed by atoms with van der Waals surface area (Å²) in [6.07, 6.45) is 3.21. The van der Waals surface area contributed by atoms with Crippen LogP contribution in [0.3, 0.4) is 0 Å². The lowest BCUT2D eigenvalue weighted by Crippen LogP contribution is -2.26. The standard InChI is InChI=1S/C16H18ClN3O2/c1-3-5-11(2)16(21)18-9-8-14-19-15(20-22-14)12-6-4-7-13(17)10-12/h4-7,10H,3,8-9H2,1-2H3,(H,18,21)/b11-5+. The molecule has 1 amide bonds.